The van der Waals surface area contributed by atoms with Crippen molar-refractivity contribution in [3.05, 3.63) is 46.9 Å². The fraction of sp³-hybridized carbons (Fsp3) is 0.593. The van der Waals surface area contributed by atoms with Crippen LogP contribution in [0.15, 0.2) is 23.1 Å². The van der Waals surface area contributed by atoms with Crippen LogP contribution in [0.3, 0.4) is 0 Å². The number of hydrogen-bond acceptors (Lipinski definition) is 10. The number of aryl methyl sites for hydroxylation is 1. The Bertz CT molecular complexity index is 1810. The monoisotopic (exact) mass is 687 g/mol. The summed E-state index contributed by atoms with van der Waals surface area (Å²) in [6.07, 6.45) is -6.96. The Morgan fingerprint density at radius 3 is 2.56 bits per heavy atom. The maximum atomic E-state index is 14.0. The third-order valence-electron chi connectivity index (χ3n) is 9.28. The quantitative estimate of drug-likeness (QED) is 0.248. The molecule has 6 rings (SSSR count). The Labute approximate surface area is 265 Å². The van der Waals surface area contributed by atoms with Crippen molar-refractivity contribution >= 4 is 17.5 Å². The lowest BCUT2D eigenvalue weighted by molar-refractivity contribution is -0.155. The summed E-state index contributed by atoms with van der Waals surface area (Å²) < 4.78 is 103. The van der Waals surface area contributed by atoms with Gasteiger partial charge in [0.1, 0.15) is 6.04 Å². The average molecular weight is 688 g/mol. The zero-order chi connectivity index (χ0) is 34.6. The Morgan fingerprint density at radius 1 is 1.21 bits per heavy atom. The molecule has 2 aliphatic rings. The highest BCUT2D eigenvalue weighted by Crippen LogP contribution is 2.48. The van der Waals surface area contributed by atoms with Crippen LogP contribution in [0.1, 0.15) is 90.7 Å². The van der Waals surface area contributed by atoms with Gasteiger partial charge >= 0.3 is 6.18 Å². The first-order valence-corrected chi connectivity index (χ1v) is 14.8. The van der Waals surface area contributed by atoms with Crippen molar-refractivity contribution < 1.29 is 45.0 Å². The predicted octanol–water partition coefficient (Wildman–Crippen LogP) is 3.65. The zero-order valence-corrected chi connectivity index (χ0v) is 25.3. The van der Waals surface area contributed by atoms with Gasteiger partial charge in [-0.1, -0.05) is 6.92 Å². The fourth-order valence-corrected chi connectivity index (χ4v) is 6.62. The van der Waals surface area contributed by atoms with Gasteiger partial charge in [-0.3, -0.25) is 9.59 Å². The Hall–Kier alpha value is -4.72. The van der Waals surface area contributed by atoms with E-state index in [1.54, 1.807) is 6.92 Å². The molecule has 4 aromatic rings. The van der Waals surface area contributed by atoms with E-state index in [9.17, 15) is 40.3 Å². The summed E-state index contributed by atoms with van der Waals surface area (Å²) >= 11 is 0. The molecule has 1 saturated carbocycles. The number of amides is 2. The maximum absolute atomic E-state index is 14.0. The van der Waals surface area contributed by atoms with E-state index < -0.39 is 90.3 Å². The van der Waals surface area contributed by atoms with Gasteiger partial charge < -0.3 is 10.6 Å². The zero-order valence-electron chi connectivity index (χ0n) is 25.3. The molecule has 0 spiro atoms. The molecule has 1 aliphatic heterocycles. The van der Waals surface area contributed by atoms with Crippen molar-refractivity contribution in [2.75, 3.05) is 0 Å². The molecule has 1 saturated heterocycles. The molecule has 48 heavy (non-hydrogen) atoms. The third kappa shape index (κ3) is 6.16. The summed E-state index contributed by atoms with van der Waals surface area (Å²) in [5.74, 6) is -6.10. The number of halogens is 7. The SMILES string of the molecule is C[C@H](c1nnnn1C)[C@]1(Cc2cnn3cc([C@@H](NC(=O)c4nonc4C(F)F)C4CCC(F)(F)CC4)nc3c2)C[C@@H](C(F)(F)F)NC1=O. The molecule has 2 amide bonds. The summed E-state index contributed by atoms with van der Waals surface area (Å²) in [5.41, 5.74) is -2.75. The fourth-order valence-electron chi connectivity index (χ4n) is 6.62. The average Bonchev–Trinajstić information content (AvgIpc) is 3.82. The van der Waals surface area contributed by atoms with Gasteiger partial charge in [-0.05, 0) is 64.0 Å². The maximum Gasteiger partial charge on any atom is 0.408 e. The molecule has 14 nitrogen and oxygen atoms in total. The van der Waals surface area contributed by atoms with Crippen molar-refractivity contribution in [3.63, 3.8) is 0 Å². The van der Waals surface area contributed by atoms with E-state index in [0.29, 0.717) is 5.56 Å². The summed E-state index contributed by atoms with van der Waals surface area (Å²) in [5, 5.41) is 26.5. The number of nitrogens with one attached hydrogen (secondary N) is 2. The Morgan fingerprint density at radius 2 is 1.94 bits per heavy atom. The minimum atomic E-state index is -4.71. The van der Waals surface area contributed by atoms with Crippen LogP contribution < -0.4 is 10.6 Å². The van der Waals surface area contributed by atoms with Gasteiger partial charge in [0, 0.05) is 25.8 Å². The summed E-state index contributed by atoms with van der Waals surface area (Å²) in [7, 11) is 1.50. The molecule has 21 heteroatoms. The number of aromatic nitrogens is 9. The number of rotatable bonds is 9. The number of carbonyl (C=O) groups is 2. The molecule has 2 fully saturated rings. The van der Waals surface area contributed by atoms with Crippen molar-refractivity contribution in [2.24, 2.45) is 18.4 Å². The molecule has 0 radical (unpaired) electrons. The smallest absolute Gasteiger partial charge is 0.344 e. The minimum Gasteiger partial charge on any atom is -0.344 e. The van der Waals surface area contributed by atoms with Crippen molar-refractivity contribution in [1.29, 1.82) is 0 Å². The van der Waals surface area contributed by atoms with Gasteiger partial charge in [0.2, 0.25) is 17.5 Å². The van der Waals surface area contributed by atoms with E-state index in [4.69, 9.17) is 0 Å². The first kappa shape index (κ1) is 33.2. The van der Waals surface area contributed by atoms with Crippen molar-refractivity contribution in [3.8, 4) is 0 Å². The van der Waals surface area contributed by atoms with Crippen LogP contribution in [0.5, 0.6) is 0 Å². The standard InChI is InChI=1S/C27H28F7N11O3/c1-12(22-39-42-43-44(22)2)25(9-16(27(32,33)34)37-24(25)47)8-13-7-17-36-15(11-45(17)35-10-13)18(14-3-5-26(30,31)6-4-14)38-23(46)20-19(21(28)29)40-48-41-20/h7,10-12,14,16,18,21H,3-6,8-9H2,1-2H3,(H,37,47)(H,38,46)/t12-,16+,18+,25+/m1/s1. The van der Waals surface area contributed by atoms with Crippen LogP contribution in [0, 0.1) is 11.3 Å². The predicted molar refractivity (Wildman–Crippen MR) is 145 cm³/mol. The summed E-state index contributed by atoms with van der Waals surface area (Å²) in [6, 6.07) is -1.66. The number of fused-ring (bicyclic) bond motifs is 1. The highest BCUT2D eigenvalue weighted by Gasteiger charge is 2.58. The minimum absolute atomic E-state index is 0.0317. The van der Waals surface area contributed by atoms with Gasteiger partial charge in [0.05, 0.1) is 29.5 Å². The largest absolute Gasteiger partial charge is 0.408 e. The van der Waals surface area contributed by atoms with E-state index in [1.165, 1.54) is 34.7 Å². The van der Waals surface area contributed by atoms with Crippen LogP contribution in [-0.4, -0.2) is 75.1 Å². The van der Waals surface area contributed by atoms with Crippen LogP contribution in [-0.2, 0) is 18.3 Å². The normalized spacial score (nSPS) is 23.0. The van der Waals surface area contributed by atoms with Crippen molar-refractivity contribution in [1.82, 2.24) is 55.8 Å². The number of nitrogens with zero attached hydrogens (tertiary/aromatic N) is 9. The molecule has 2 N–H and O–H groups in total. The molecular formula is C27H28F7N11O3. The van der Waals surface area contributed by atoms with E-state index in [0.717, 1.165) is 0 Å². The molecule has 1 aliphatic carbocycles. The van der Waals surface area contributed by atoms with E-state index in [-0.39, 0.29) is 36.4 Å². The summed E-state index contributed by atoms with van der Waals surface area (Å²) in [4.78, 5) is 30.9. The molecule has 0 aromatic carbocycles. The summed E-state index contributed by atoms with van der Waals surface area (Å²) in [6.45, 7) is 1.56. The molecule has 0 bridgehead atoms. The molecular weight excluding hydrogens is 659 g/mol. The van der Waals surface area contributed by atoms with Gasteiger partial charge in [0.25, 0.3) is 12.3 Å². The lowest BCUT2D eigenvalue weighted by atomic mass is 9.69. The van der Waals surface area contributed by atoms with Crippen LogP contribution >= 0.6 is 0 Å². The second-order valence-corrected chi connectivity index (χ2v) is 12.3. The second kappa shape index (κ2) is 12.1. The number of alkyl halides is 7. The van der Waals surface area contributed by atoms with Gasteiger partial charge in [0.15, 0.2) is 17.2 Å². The lowest BCUT2D eigenvalue weighted by Crippen LogP contribution is -2.40. The first-order valence-electron chi connectivity index (χ1n) is 14.8. The van der Waals surface area contributed by atoms with E-state index in [2.05, 4.69) is 51.2 Å². The topological polar surface area (TPSA) is 171 Å². The molecule has 258 valence electrons. The van der Waals surface area contributed by atoms with Gasteiger partial charge in [-0.15, -0.1) is 5.10 Å². The third-order valence-corrected chi connectivity index (χ3v) is 9.28. The molecule has 4 aromatic heterocycles. The number of imidazole rings is 1. The lowest BCUT2D eigenvalue weighted by Gasteiger charge is -2.33. The van der Waals surface area contributed by atoms with Crippen molar-refractivity contribution in [2.45, 2.75) is 82.0 Å². The first-order chi connectivity index (χ1) is 22.6. The molecule has 4 atom stereocenters. The van der Waals surface area contributed by atoms with Crippen LogP contribution in [0.2, 0.25) is 0 Å². The Kier molecular flexibility index (Phi) is 8.34. The second-order valence-electron chi connectivity index (χ2n) is 12.3. The highest BCUT2D eigenvalue weighted by molar-refractivity contribution is 5.93. The van der Waals surface area contributed by atoms with E-state index >= 15 is 0 Å². The van der Waals surface area contributed by atoms with Gasteiger partial charge in [-0.2, -0.15) is 18.3 Å². The highest BCUT2D eigenvalue weighted by atomic mass is 19.4. The number of carbonyl (C=O) groups excluding carboxylic acids is 2. The number of hydrogen-bond donors (Lipinski definition) is 2. The van der Waals surface area contributed by atoms with Gasteiger partial charge in [-0.25, -0.2) is 36.4 Å². The Balaban J connectivity index is 1.33. The van der Waals surface area contributed by atoms with Crippen LogP contribution in [0.4, 0.5) is 30.7 Å². The molecule has 0 unspecified atom stereocenters. The number of tetrazole rings is 1. The van der Waals surface area contributed by atoms with E-state index in [1.807, 2.05) is 0 Å². The molecule has 5 heterocycles. The van der Waals surface area contributed by atoms with Crippen LogP contribution in [0.25, 0.3) is 5.65 Å².